The molecule has 2 heterocycles. The van der Waals surface area contributed by atoms with Crippen molar-refractivity contribution in [3.63, 3.8) is 0 Å². The second-order valence-electron chi connectivity index (χ2n) is 4.82. The van der Waals surface area contributed by atoms with Crippen molar-refractivity contribution in [1.29, 1.82) is 0 Å². The van der Waals surface area contributed by atoms with Crippen LogP contribution < -0.4 is 0 Å². The Bertz CT molecular complexity index is 350. The van der Waals surface area contributed by atoms with Crippen LogP contribution in [0.25, 0.3) is 0 Å². The summed E-state index contributed by atoms with van der Waals surface area (Å²) in [4.78, 5) is 6.53. The number of rotatable bonds is 3. The number of hydrogen-bond acceptors (Lipinski definition) is 3. The molecule has 90 valence electrons. The highest BCUT2D eigenvalue weighted by atomic mass is 16.3. The lowest BCUT2D eigenvalue weighted by Crippen LogP contribution is -2.45. The zero-order chi connectivity index (χ0) is 11.6. The molecule has 1 fully saturated rings. The Balaban J connectivity index is 2.23. The molecule has 0 aromatic carbocycles. The van der Waals surface area contributed by atoms with Gasteiger partial charge in [-0.25, -0.2) is 4.98 Å². The Kier molecular flexibility index (Phi) is 3.30. The van der Waals surface area contributed by atoms with Crippen LogP contribution in [0.4, 0.5) is 0 Å². The van der Waals surface area contributed by atoms with E-state index in [-0.39, 0.29) is 0 Å². The molecule has 1 unspecified atom stereocenters. The zero-order valence-electron chi connectivity index (χ0n) is 10.2. The number of aromatic nitrogens is 2. The smallest absolute Gasteiger partial charge is 0.142 e. The molecule has 2 rings (SSSR count). The van der Waals surface area contributed by atoms with Crippen LogP contribution in [0.2, 0.25) is 0 Å². The zero-order valence-corrected chi connectivity index (χ0v) is 10.2. The number of nitrogens with zero attached hydrogens (tertiary/aromatic N) is 3. The fraction of sp³-hybridized carbons (Fsp3) is 0.750. The predicted molar refractivity (Wildman–Crippen MR) is 63.1 cm³/mol. The van der Waals surface area contributed by atoms with E-state index in [9.17, 15) is 5.11 Å². The number of piperidine rings is 1. The Morgan fingerprint density at radius 1 is 1.56 bits per heavy atom. The van der Waals surface area contributed by atoms with Crippen molar-refractivity contribution in [2.75, 3.05) is 20.1 Å². The molecular weight excluding hydrogens is 202 g/mol. The van der Waals surface area contributed by atoms with Crippen LogP contribution in [-0.2, 0) is 12.1 Å². The van der Waals surface area contributed by atoms with Gasteiger partial charge in [0.25, 0.3) is 0 Å². The van der Waals surface area contributed by atoms with Crippen LogP contribution in [-0.4, -0.2) is 39.7 Å². The summed E-state index contributed by atoms with van der Waals surface area (Å²) in [5.74, 6) is 0.834. The van der Waals surface area contributed by atoms with E-state index in [0.717, 1.165) is 38.2 Å². The maximum atomic E-state index is 10.7. The number of β-amino-alcohol motifs (C(OH)–C–C–N with tert-alkyl or cyclic N) is 1. The second kappa shape index (κ2) is 4.55. The van der Waals surface area contributed by atoms with E-state index in [1.165, 1.54) is 0 Å². The minimum absolute atomic E-state index is 0.688. The molecule has 0 radical (unpaired) electrons. The maximum absolute atomic E-state index is 10.7. The van der Waals surface area contributed by atoms with Crippen LogP contribution in [0.15, 0.2) is 12.4 Å². The molecule has 1 aromatic rings. The van der Waals surface area contributed by atoms with Gasteiger partial charge >= 0.3 is 0 Å². The van der Waals surface area contributed by atoms with Gasteiger partial charge in [0.15, 0.2) is 0 Å². The fourth-order valence-electron chi connectivity index (χ4n) is 2.57. The number of aliphatic hydroxyl groups is 1. The SMILES string of the molecule is CCCn1ccnc1C1(O)CCCN(C)C1. The summed E-state index contributed by atoms with van der Waals surface area (Å²) in [6.45, 7) is 4.83. The van der Waals surface area contributed by atoms with Crippen LogP contribution in [0, 0.1) is 0 Å². The highest BCUT2D eigenvalue weighted by Gasteiger charge is 2.37. The first-order chi connectivity index (χ1) is 7.65. The Labute approximate surface area is 96.9 Å². The maximum Gasteiger partial charge on any atom is 0.142 e. The van der Waals surface area contributed by atoms with Gasteiger partial charge in [0.1, 0.15) is 11.4 Å². The Hall–Kier alpha value is -0.870. The van der Waals surface area contributed by atoms with E-state index >= 15 is 0 Å². The monoisotopic (exact) mass is 223 g/mol. The lowest BCUT2D eigenvalue weighted by atomic mass is 9.92. The van der Waals surface area contributed by atoms with Crippen molar-refractivity contribution in [2.24, 2.45) is 0 Å². The molecule has 0 saturated carbocycles. The van der Waals surface area contributed by atoms with Crippen LogP contribution >= 0.6 is 0 Å². The molecule has 0 bridgehead atoms. The number of likely N-dealkylation sites (tertiary alicyclic amines) is 1. The minimum Gasteiger partial charge on any atom is -0.381 e. The fourth-order valence-corrected chi connectivity index (χ4v) is 2.57. The average molecular weight is 223 g/mol. The molecule has 1 aromatic heterocycles. The molecule has 1 aliphatic heterocycles. The van der Waals surface area contributed by atoms with Crippen molar-refractivity contribution in [2.45, 2.75) is 38.3 Å². The normalized spacial score (nSPS) is 27.2. The van der Waals surface area contributed by atoms with E-state index in [1.54, 1.807) is 6.20 Å². The van der Waals surface area contributed by atoms with Crippen LogP contribution in [0.3, 0.4) is 0 Å². The summed E-state index contributed by atoms with van der Waals surface area (Å²) in [5, 5.41) is 10.7. The van der Waals surface area contributed by atoms with Gasteiger partial charge in [0.05, 0.1) is 0 Å². The van der Waals surface area contributed by atoms with Gasteiger partial charge in [-0.15, -0.1) is 0 Å². The van der Waals surface area contributed by atoms with Crippen LogP contribution in [0.1, 0.15) is 32.0 Å². The van der Waals surface area contributed by atoms with E-state index in [1.807, 2.05) is 6.20 Å². The van der Waals surface area contributed by atoms with E-state index in [2.05, 4.69) is 28.4 Å². The van der Waals surface area contributed by atoms with E-state index in [4.69, 9.17) is 0 Å². The third-order valence-electron chi connectivity index (χ3n) is 3.26. The first kappa shape index (κ1) is 11.6. The van der Waals surface area contributed by atoms with Gasteiger partial charge in [-0.2, -0.15) is 0 Å². The summed E-state index contributed by atoms with van der Waals surface area (Å²) in [5.41, 5.74) is -0.758. The minimum atomic E-state index is -0.758. The van der Waals surface area contributed by atoms with Gasteiger partial charge in [-0.05, 0) is 32.9 Å². The second-order valence-corrected chi connectivity index (χ2v) is 4.82. The first-order valence-corrected chi connectivity index (χ1v) is 6.08. The molecule has 4 nitrogen and oxygen atoms in total. The summed E-state index contributed by atoms with van der Waals surface area (Å²) < 4.78 is 2.08. The Morgan fingerprint density at radius 2 is 2.38 bits per heavy atom. The van der Waals surface area contributed by atoms with Crippen molar-refractivity contribution < 1.29 is 5.11 Å². The summed E-state index contributed by atoms with van der Waals surface area (Å²) in [6.07, 6.45) is 6.67. The highest BCUT2D eigenvalue weighted by molar-refractivity contribution is 5.07. The molecule has 16 heavy (non-hydrogen) atoms. The Morgan fingerprint density at radius 3 is 3.06 bits per heavy atom. The third-order valence-corrected chi connectivity index (χ3v) is 3.26. The van der Waals surface area contributed by atoms with Crippen molar-refractivity contribution >= 4 is 0 Å². The molecule has 4 heteroatoms. The molecular formula is C12H21N3O. The molecule has 1 aliphatic rings. The number of imidazole rings is 1. The molecule has 1 N–H and O–H groups in total. The van der Waals surface area contributed by atoms with Gasteiger partial charge in [-0.3, -0.25) is 0 Å². The highest BCUT2D eigenvalue weighted by Crippen LogP contribution is 2.29. The topological polar surface area (TPSA) is 41.3 Å². The average Bonchev–Trinajstić information content (AvgIpc) is 2.67. The standard InChI is InChI=1S/C12H21N3O/c1-3-7-15-9-6-13-11(15)12(16)5-4-8-14(2)10-12/h6,9,16H,3-5,7-8,10H2,1-2H3. The first-order valence-electron chi connectivity index (χ1n) is 6.08. The van der Waals surface area contributed by atoms with Crippen molar-refractivity contribution in [1.82, 2.24) is 14.5 Å². The summed E-state index contributed by atoms with van der Waals surface area (Å²) in [6, 6.07) is 0. The van der Waals surface area contributed by atoms with Gasteiger partial charge in [0, 0.05) is 25.5 Å². The van der Waals surface area contributed by atoms with Crippen molar-refractivity contribution in [3.8, 4) is 0 Å². The van der Waals surface area contributed by atoms with E-state index < -0.39 is 5.60 Å². The largest absolute Gasteiger partial charge is 0.381 e. The lowest BCUT2D eigenvalue weighted by molar-refractivity contribution is -0.0374. The van der Waals surface area contributed by atoms with Gasteiger partial charge in [0.2, 0.25) is 0 Å². The molecule has 1 saturated heterocycles. The molecule has 0 amide bonds. The molecule has 0 spiro atoms. The number of hydrogen-bond donors (Lipinski definition) is 1. The third kappa shape index (κ3) is 2.13. The molecule has 0 aliphatic carbocycles. The van der Waals surface area contributed by atoms with Crippen molar-refractivity contribution in [3.05, 3.63) is 18.2 Å². The number of likely N-dealkylation sites (N-methyl/N-ethyl adjacent to an activating group) is 1. The molecule has 1 atom stereocenters. The number of aryl methyl sites for hydroxylation is 1. The van der Waals surface area contributed by atoms with Gasteiger partial charge < -0.3 is 14.6 Å². The van der Waals surface area contributed by atoms with Gasteiger partial charge in [-0.1, -0.05) is 6.92 Å². The van der Waals surface area contributed by atoms with Crippen LogP contribution in [0.5, 0.6) is 0 Å². The summed E-state index contributed by atoms with van der Waals surface area (Å²) >= 11 is 0. The summed E-state index contributed by atoms with van der Waals surface area (Å²) in [7, 11) is 2.05. The quantitative estimate of drug-likeness (QED) is 0.837. The predicted octanol–water partition coefficient (Wildman–Crippen LogP) is 1.21. The van der Waals surface area contributed by atoms with E-state index in [0.29, 0.717) is 6.54 Å². The lowest BCUT2D eigenvalue weighted by Gasteiger charge is -2.37.